The molecule has 122 valence electrons. The molecule has 0 saturated heterocycles. The third-order valence-electron chi connectivity index (χ3n) is 4.64. The Morgan fingerprint density at radius 1 is 1.04 bits per heavy atom. The number of benzene rings is 3. The summed E-state index contributed by atoms with van der Waals surface area (Å²) in [5, 5.41) is 9.67. The Balaban J connectivity index is 1.44. The van der Waals surface area contributed by atoms with Gasteiger partial charge in [0, 0.05) is 12.6 Å². The summed E-state index contributed by atoms with van der Waals surface area (Å²) in [6.07, 6.45) is 0.136. The van der Waals surface area contributed by atoms with Crippen molar-refractivity contribution in [1.82, 2.24) is 5.32 Å². The molecule has 0 fully saturated rings. The molecular formula is C21H22N2O. The summed E-state index contributed by atoms with van der Waals surface area (Å²) in [6.45, 7) is 3.85. The van der Waals surface area contributed by atoms with Crippen LogP contribution in [0.25, 0.3) is 10.8 Å². The van der Waals surface area contributed by atoms with E-state index in [2.05, 4.69) is 66.1 Å². The summed E-state index contributed by atoms with van der Waals surface area (Å²) in [4.78, 5) is 0. The molecule has 2 atom stereocenters. The molecule has 0 spiro atoms. The van der Waals surface area contributed by atoms with Crippen LogP contribution in [0.1, 0.15) is 18.5 Å². The van der Waals surface area contributed by atoms with Crippen molar-refractivity contribution in [3.8, 4) is 5.75 Å². The van der Waals surface area contributed by atoms with E-state index in [0.29, 0.717) is 0 Å². The van der Waals surface area contributed by atoms with E-state index in [1.54, 1.807) is 0 Å². The highest BCUT2D eigenvalue weighted by Crippen LogP contribution is 2.28. The summed E-state index contributed by atoms with van der Waals surface area (Å²) >= 11 is 0. The second-order valence-corrected chi connectivity index (χ2v) is 6.32. The van der Waals surface area contributed by atoms with Gasteiger partial charge in [-0.1, -0.05) is 54.6 Å². The van der Waals surface area contributed by atoms with Crippen LogP contribution >= 0.6 is 0 Å². The molecule has 0 bridgehead atoms. The molecule has 3 aromatic carbocycles. The van der Waals surface area contributed by atoms with Gasteiger partial charge in [0.15, 0.2) is 0 Å². The monoisotopic (exact) mass is 318 g/mol. The number of para-hydroxylation sites is 2. The molecule has 0 aromatic heterocycles. The molecule has 3 heteroatoms. The Kier molecular flexibility index (Phi) is 4.09. The third kappa shape index (κ3) is 2.95. The topological polar surface area (TPSA) is 33.3 Å². The second kappa shape index (κ2) is 6.54. The molecule has 1 aliphatic rings. The average Bonchev–Trinajstić information content (AvgIpc) is 2.65. The molecule has 2 N–H and O–H groups in total. The quantitative estimate of drug-likeness (QED) is 0.750. The Bertz CT molecular complexity index is 841. The zero-order valence-electron chi connectivity index (χ0n) is 13.8. The van der Waals surface area contributed by atoms with Gasteiger partial charge in [0.2, 0.25) is 0 Å². The molecule has 1 aliphatic heterocycles. The number of fused-ring (bicyclic) bond motifs is 2. The van der Waals surface area contributed by atoms with E-state index in [0.717, 1.165) is 24.5 Å². The van der Waals surface area contributed by atoms with Gasteiger partial charge in [0.05, 0.1) is 12.2 Å². The minimum absolute atomic E-state index is 0.136. The van der Waals surface area contributed by atoms with Gasteiger partial charge >= 0.3 is 0 Å². The maximum absolute atomic E-state index is 6.08. The number of hydrogen-bond donors (Lipinski definition) is 2. The van der Waals surface area contributed by atoms with Crippen molar-refractivity contribution in [2.75, 3.05) is 18.4 Å². The summed E-state index contributed by atoms with van der Waals surface area (Å²) < 4.78 is 6.08. The molecule has 0 radical (unpaired) electrons. The third-order valence-corrected chi connectivity index (χ3v) is 4.64. The lowest BCUT2D eigenvalue weighted by atomic mass is 9.99. The number of nitrogens with one attached hydrogen (secondary N) is 2. The lowest BCUT2D eigenvalue weighted by Gasteiger charge is -2.28. The van der Waals surface area contributed by atoms with Gasteiger partial charge in [-0.2, -0.15) is 0 Å². The fourth-order valence-electron chi connectivity index (χ4n) is 3.32. The summed E-state index contributed by atoms with van der Waals surface area (Å²) in [5.41, 5.74) is 2.41. The number of ether oxygens (including phenoxy) is 1. The highest BCUT2D eigenvalue weighted by atomic mass is 16.5. The van der Waals surface area contributed by atoms with E-state index in [1.807, 2.05) is 18.2 Å². The standard InChI is InChI=1S/C21H22N2O/c1-15(18-10-6-8-16-7-2-3-9-19(16)18)22-13-17-14-23-20-11-4-5-12-21(20)24-17/h2-12,15,17,22-23H,13-14H2,1H3/t15-,17?/m1/s1. The van der Waals surface area contributed by atoms with E-state index in [4.69, 9.17) is 4.74 Å². The van der Waals surface area contributed by atoms with Crippen LogP contribution in [0.2, 0.25) is 0 Å². The first-order valence-corrected chi connectivity index (χ1v) is 8.52. The van der Waals surface area contributed by atoms with Crippen molar-refractivity contribution in [2.45, 2.75) is 19.1 Å². The molecule has 3 nitrogen and oxygen atoms in total. The molecule has 3 aromatic rings. The van der Waals surface area contributed by atoms with Crippen LogP contribution in [0, 0.1) is 0 Å². The van der Waals surface area contributed by atoms with E-state index in [1.165, 1.54) is 16.3 Å². The van der Waals surface area contributed by atoms with Crippen LogP contribution in [-0.2, 0) is 0 Å². The van der Waals surface area contributed by atoms with Gasteiger partial charge in [0.25, 0.3) is 0 Å². The molecular weight excluding hydrogens is 296 g/mol. The lowest BCUT2D eigenvalue weighted by molar-refractivity contribution is 0.198. The summed E-state index contributed by atoms with van der Waals surface area (Å²) in [7, 11) is 0. The van der Waals surface area contributed by atoms with Crippen LogP contribution in [-0.4, -0.2) is 19.2 Å². The first-order chi connectivity index (χ1) is 11.8. The first-order valence-electron chi connectivity index (χ1n) is 8.52. The number of rotatable bonds is 4. The second-order valence-electron chi connectivity index (χ2n) is 6.32. The van der Waals surface area contributed by atoms with Gasteiger partial charge in [-0.25, -0.2) is 0 Å². The maximum atomic E-state index is 6.08. The van der Waals surface area contributed by atoms with Crippen molar-refractivity contribution >= 4 is 16.5 Å². The highest BCUT2D eigenvalue weighted by Gasteiger charge is 2.19. The van der Waals surface area contributed by atoms with Crippen molar-refractivity contribution < 1.29 is 4.74 Å². The van der Waals surface area contributed by atoms with E-state index < -0.39 is 0 Å². The highest BCUT2D eigenvalue weighted by molar-refractivity contribution is 5.86. The van der Waals surface area contributed by atoms with Crippen LogP contribution in [0.15, 0.2) is 66.7 Å². The SMILES string of the molecule is C[C@@H](NCC1CNc2ccccc2O1)c1cccc2ccccc12. The fourth-order valence-corrected chi connectivity index (χ4v) is 3.32. The minimum atomic E-state index is 0.136. The molecule has 4 rings (SSSR count). The van der Waals surface area contributed by atoms with Gasteiger partial charge in [-0.15, -0.1) is 0 Å². The Morgan fingerprint density at radius 2 is 1.83 bits per heavy atom. The Morgan fingerprint density at radius 3 is 2.79 bits per heavy atom. The van der Waals surface area contributed by atoms with Crippen LogP contribution in [0.4, 0.5) is 5.69 Å². The van der Waals surface area contributed by atoms with Gasteiger partial charge in [-0.3, -0.25) is 0 Å². The zero-order valence-corrected chi connectivity index (χ0v) is 13.8. The lowest BCUT2D eigenvalue weighted by Crippen LogP contribution is -2.40. The average molecular weight is 318 g/mol. The van der Waals surface area contributed by atoms with Crippen molar-refractivity contribution in [3.63, 3.8) is 0 Å². The van der Waals surface area contributed by atoms with E-state index >= 15 is 0 Å². The molecule has 0 aliphatic carbocycles. The molecule has 1 unspecified atom stereocenters. The molecule has 0 saturated carbocycles. The molecule has 0 amide bonds. The van der Waals surface area contributed by atoms with Crippen molar-refractivity contribution in [2.24, 2.45) is 0 Å². The Hall–Kier alpha value is -2.52. The Labute approximate surface area is 142 Å². The molecule has 1 heterocycles. The summed E-state index contributed by atoms with van der Waals surface area (Å²) in [6, 6.07) is 23.4. The van der Waals surface area contributed by atoms with Gasteiger partial charge in [-0.05, 0) is 35.4 Å². The molecule has 24 heavy (non-hydrogen) atoms. The van der Waals surface area contributed by atoms with E-state index in [-0.39, 0.29) is 12.1 Å². The maximum Gasteiger partial charge on any atom is 0.142 e. The van der Waals surface area contributed by atoms with Crippen LogP contribution in [0.5, 0.6) is 5.75 Å². The fraction of sp³-hybridized carbons (Fsp3) is 0.238. The predicted molar refractivity (Wildman–Crippen MR) is 99.7 cm³/mol. The summed E-state index contributed by atoms with van der Waals surface area (Å²) in [5.74, 6) is 0.938. The first kappa shape index (κ1) is 15.0. The largest absolute Gasteiger partial charge is 0.485 e. The van der Waals surface area contributed by atoms with Crippen LogP contribution in [0.3, 0.4) is 0 Å². The van der Waals surface area contributed by atoms with Crippen molar-refractivity contribution in [1.29, 1.82) is 0 Å². The smallest absolute Gasteiger partial charge is 0.142 e. The normalized spacial score (nSPS) is 17.6. The zero-order chi connectivity index (χ0) is 16.4. The predicted octanol–water partition coefficient (Wildman–Crippen LogP) is 4.36. The number of anilines is 1. The van der Waals surface area contributed by atoms with E-state index in [9.17, 15) is 0 Å². The van der Waals surface area contributed by atoms with Crippen LogP contribution < -0.4 is 15.4 Å². The van der Waals surface area contributed by atoms with Gasteiger partial charge in [0.1, 0.15) is 11.9 Å². The van der Waals surface area contributed by atoms with Crippen molar-refractivity contribution in [3.05, 3.63) is 72.3 Å². The number of hydrogen-bond acceptors (Lipinski definition) is 3. The van der Waals surface area contributed by atoms with Gasteiger partial charge < -0.3 is 15.4 Å². The minimum Gasteiger partial charge on any atom is -0.485 e.